The highest BCUT2D eigenvalue weighted by Crippen LogP contribution is 2.30. The largest absolute Gasteiger partial charge is 0.466 e. The average Bonchev–Trinajstić information content (AvgIpc) is 3.22. The summed E-state index contributed by atoms with van der Waals surface area (Å²) in [5.41, 5.74) is 3.10. The van der Waals surface area contributed by atoms with Crippen molar-refractivity contribution in [1.29, 1.82) is 0 Å². The number of carbonyl (C=O) groups excluding carboxylic acids is 1. The molecule has 0 bridgehead atoms. The highest BCUT2D eigenvalue weighted by Gasteiger charge is 2.25. The van der Waals surface area contributed by atoms with E-state index >= 15 is 0 Å². The fourth-order valence-corrected chi connectivity index (χ4v) is 4.02. The van der Waals surface area contributed by atoms with Crippen LogP contribution in [0.1, 0.15) is 47.3 Å². The third-order valence-electron chi connectivity index (χ3n) is 5.47. The molecule has 1 N–H and O–H groups in total. The zero-order chi connectivity index (χ0) is 19.8. The van der Waals surface area contributed by atoms with Gasteiger partial charge in [0.2, 0.25) is 0 Å². The Morgan fingerprint density at radius 3 is 2.86 bits per heavy atom. The fourth-order valence-electron chi connectivity index (χ4n) is 4.02. The molecule has 7 nitrogen and oxygen atoms in total. The van der Waals surface area contributed by atoms with E-state index in [4.69, 9.17) is 8.94 Å². The van der Waals surface area contributed by atoms with Gasteiger partial charge in [-0.25, -0.2) is 4.98 Å². The minimum atomic E-state index is -0.110. The van der Waals surface area contributed by atoms with Crippen LogP contribution in [0, 0.1) is 20.8 Å². The molecule has 0 spiro atoms. The lowest BCUT2D eigenvalue weighted by Gasteiger charge is -2.32. The van der Waals surface area contributed by atoms with Crippen molar-refractivity contribution in [2.24, 2.45) is 0 Å². The second kappa shape index (κ2) is 7.39. The van der Waals surface area contributed by atoms with Crippen LogP contribution >= 0.6 is 0 Å². The van der Waals surface area contributed by atoms with Gasteiger partial charge in [0.25, 0.3) is 11.6 Å². The second-order valence-electron chi connectivity index (χ2n) is 7.54. The number of pyridine rings is 1. The lowest BCUT2D eigenvalue weighted by atomic mass is 10.0. The topological polar surface area (TPSA) is 84.4 Å². The van der Waals surface area contributed by atoms with Crippen LogP contribution in [0.5, 0.6) is 0 Å². The van der Waals surface area contributed by atoms with E-state index < -0.39 is 0 Å². The van der Waals surface area contributed by atoms with Gasteiger partial charge in [0.05, 0.1) is 22.3 Å². The molecule has 0 unspecified atom stereocenters. The van der Waals surface area contributed by atoms with Crippen LogP contribution in [0.3, 0.4) is 0 Å². The smallest absolute Gasteiger partial charge is 0.259 e. The Morgan fingerprint density at radius 1 is 1.32 bits per heavy atom. The number of carbonyl (C=O) groups is 1. The van der Waals surface area contributed by atoms with E-state index in [2.05, 4.69) is 27.3 Å². The van der Waals surface area contributed by atoms with Crippen molar-refractivity contribution in [2.45, 2.75) is 46.6 Å². The summed E-state index contributed by atoms with van der Waals surface area (Å²) in [6.45, 7) is 10.7. The summed E-state index contributed by atoms with van der Waals surface area (Å²) in [4.78, 5) is 20.1. The normalized spacial score (nSPS) is 17.9. The number of rotatable bonds is 4. The van der Waals surface area contributed by atoms with Gasteiger partial charge in [-0.3, -0.25) is 4.79 Å². The minimum absolute atomic E-state index is 0.110. The van der Waals surface area contributed by atoms with E-state index in [0.29, 0.717) is 28.1 Å². The second-order valence-corrected chi connectivity index (χ2v) is 7.54. The van der Waals surface area contributed by atoms with Crippen LogP contribution in [0.25, 0.3) is 22.4 Å². The van der Waals surface area contributed by atoms with Gasteiger partial charge >= 0.3 is 0 Å². The predicted octanol–water partition coefficient (Wildman–Crippen LogP) is 3.62. The van der Waals surface area contributed by atoms with E-state index in [1.54, 1.807) is 0 Å². The average molecular weight is 382 g/mol. The van der Waals surface area contributed by atoms with Crippen LogP contribution in [-0.4, -0.2) is 46.6 Å². The Balaban J connectivity index is 1.71. The zero-order valence-electron chi connectivity index (χ0n) is 16.8. The molecule has 3 aromatic heterocycles. The Kier molecular flexibility index (Phi) is 4.93. The summed E-state index contributed by atoms with van der Waals surface area (Å²) in [6.07, 6.45) is 2.08. The molecule has 1 saturated heterocycles. The summed E-state index contributed by atoms with van der Waals surface area (Å²) in [5, 5.41) is 7.90. The first-order valence-electron chi connectivity index (χ1n) is 9.84. The quantitative estimate of drug-likeness (QED) is 0.742. The van der Waals surface area contributed by atoms with Crippen molar-refractivity contribution in [2.75, 3.05) is 19.6 Å². The maximum Gasteiger partial charge on any atom is 0.259 e. The number of nitrogens with zero attached hydrogens (tertiary/aromatic N) is 3. The summed E-state index contributed by atoms with van der Waals surface area (Å²) < 4.78 is 11.0. The van der Waals surface area contributed by atoms with E-state index in [9.17, 15) is 4.79 Å². The first-order valence-corrected chi connectivity index (χ1v) is 9.84. The van der Waals surface area contributed by atoms with Gasteiger partial charge in [-0.1, -0.05) is 12.1 Å². The van der Waals surface area contributed by atoms with E-state index in [1.807, 2.05) is 32.9 Å². The summed E-state index contributed by atoms with van der Waals surface area (Å²) in [5.74, 6) is 1.45. The molecule has 4 heterocycles. The maximum absolute atomic E-state index is 13.2. The first kappa shape index (κ1) is 18.7. The molecule has 3 aromatic rings. The number of furan rings is 1. The van der Waals surface area contributed by atoms with Crippen LogP contribution in [0.4, 0.5) is 0 Å². The molecule has 28 heavy (non-hydrogen) atoms. The maximum atomic E-state index is 13.2. The number of amides is 1. The van der Waals surface area contributed by atoms with Crippen molar-refractivity contribution >= 4 is 17.0 Å². The van der Waals surface area contributed by atoms with Gasteiger partial charge in [0.1, 0.15) is 11.5 Å². The van der Waals surface area contributed by atoms with E-state index in [-0.39, 0.29) is 11.9 Å². The highest BCUT2D eigenvalue weighted by molar-refractivity contribution is 6.07. The summed E-state index contributed by atoms with van der Waals surface area (Å²) >= 11 is 0. The number of piperidine rings is 1. The number of nitrogens with one attached hydrogen (secondary N) is 1. The third-order valence-corrected chi connectivity index (χ3v) is 5.47. The van der Waals surface area contributed by atoms with E-state index in [0.717, 1.165) is 49.6 Å². The SMILES string of the molecule is CCN1CCC[C@H](NC(=O)c2cc(-c3cc(C)oc3C)nc3onc(C)c23)C1. The zero-order valence-corrected chi connectivity index (χ0v) is 16.8. The van der Waals surface area contributed by atoms with Crippen molar-refractivity contribution in [3.8, 4) is 11.3 Å². The monoisotopic (exact) mass is 382 g/mol. The molecule has 4 rings (SSSR count). The molecule has 1 amide bonds. The standard InChI is InChI=1S/C21H26N4O3/c1-5-25-8-6-7-15(11-25)22-20(26)17-10-18(16-9-12(2)27-14(16)4)23-21-19(17)13(3)24-28-21/h9-10,15H,5-8,11H2,1-4H3,(H,22,26)/t15-/m0/s1. The van der Waals surface area contributed by atoms with Crippen molar-refractivity contribution in [3.63, 3.8) is 0 Å². The first-order chi connectivity index (χ1) is 13.5. The Bertz CT molecular complexity index is 1020. The van der Waals surface area contributed by atoms with Gasteiger partial charge in [-0.2, -0.15) is 0 Å². The van der Waals surface area contributed by atoms with Crippen LogP contribution in [0.15, 0.2) is 21.1 Å². The molecule has 0 aromatic carbocycles. The number of likely N-dealkylation sites (tertiary alicyclic amines) is 1. The Labute approximate surface area is 164 Å². The van der Waals surface area contributed by atoms with Gasteiger partial charge < -0.3 is 19.2 Å². The van der Waals surface area contributed by atoms with Crippen molar-refractivity contribution in [1.82, 2.24) is 20.4 Å². The number of hydrogen-bond acceptors (Lipinski definition) is 6. The van der Waals surface area contributed by atoms with Crippen molar-refractivity contribution in [3.05, 3.63) is 34.9 Å². The number of hydrogen-bond donors (Lipinski definition) is 1. The van der Waals surface area contributed by atoms with Crippen LogP contribution < -0.4 is 5.32 Å². The van der Waals surface area contributed by atoms with Gasteiger partial charge in [0, 0.05) is 18.2 Å². The van der Waals surface area contributed by atoms with Crippen LogP contribution in [-0.2, 0) is 0 Å². The third kappa shape index (κ3) is 3.42. The molecule has 1 atom stereocenters. The lowest BCUT2D eigenvalue weighted by Crippen LogP contribution is -2.47. The number of likely N-dealkylation sites (N-methyl/N-ethyl adjacent to an activating group) is 1. The number of aromatic nitrogens is 2. The molecule has 0 radical (unpaired) electrons. The summed E-state index contributed by atoms with van der Waals surface area (Å²) in [7, 11) is 0. The molecular weight excluding hydrogens is 356 g/mol. The molecule has 0 saturated carbocycles. The molecule has 0 aliphatic carbocycles. The van der Waals surface area contributed by atoms with Gasteiger partial charge in [-0.05, 0) is 58.8 Å². The van der Waals surface area contributed by atoms with Crippen molar-refractivity contribution < 1.29 is 13.7 Å². The number of aryl methyl sites for hydroxylation is 3. The molecule has 148 valence electrons. The molecule has 1 fully saturated rings. The molecular formula is C21H26N4O3. The van der Waals surface area contributed by atoms with Gasteiger partial charge in [-0.15, -0.1) is 0 Å². The summed E-state index contributed by atoms with van der Waals surface area (Å²) in [6, 6.07) is 3.89. The highest BCUT2D eigenvalue weighted by atomic mass is 16.5. The molecule has 1 aliphatic rings. The molecule has 7 heteroatoms. The lowest BCUT2D eigenvalue weighted by molar-refractivity contribution is 0.0907. The Hall–Kier alpha value is -2.67. The molecule has 1 aliphatic heterocycles. The van der Waals surface area contributed by atoms with Gasteiger partial charge in [0.15, 0.2) is 0 Å². The fraction of sp³-hybridized carbons (Fsp3) is 0.476. The van der Waals surface area contributed by atoms with Crippen LogP contribution in [0.2, 0.25) is 0 Å². The predicted molar refractivity (Wildman–Crippen MR) is 106 cm³/mol. The Morgan fingerprint density at radius 2 is 2.14 bits per heavy atom. The number of fused-ring (bicyclic) bond motifs is 1. The van der Waals surface area contributed by atoms with E-state index in [1.165, 1.54) is 0 Å². The minimum Gasteiger partial charge on any atom is -0.466 e.